The maximum Gasteiger partial charge on any atom is 0.410 e. The Morgan fingerprint density at radius 2 is 2.04 bits per heavy atom. The van der Waals surface area contributed by atoms with Gasteiger partial charge in [0.1, 0.15) is 0 Å². The van der Waals surface area contributed by atoms with Crippen molar-refractivity contribution in [2.24, 2.45) is 0 Å². The SMILES string of the molecule is CCOC(=O)N1CC[NH+](CC(=O)Nc2ccc(C)c(Br)c2)CC1. The van der Waals surface area contributed by atoms with E-state index in [0.717, 1.165) is 28.8 Å². The van der Waals surface area contributed by atoms with E-state index >= 15 is 0 Å². The Kier molecular flexibility index (Phi) is 6.41. The summed E-state index contributed by atoms with van der Waals surface area (Å²) in [6.45, 7) is 7.35. The summed E-state index contributed by atoms with van der Waals surface area (Å²) in [5.74, 6) is -0.0136. The van der Waals surface area contributed by atoms with Crippen LogP contribution < -0.4 is 10.2 Å². The monoisotopic (exact) mass is 384 g/mol. The molecule has 0 aromatic heterocycles. The Bertz CT molecular complexity index is 572. The molecule has 1 aliphatic rings. The number of hydrogen-bond donors (Lipinski definition) is 2. The minimum Gasteiger partial charge on any atom is -0.450 e. The first kappa shape index (κ1) is 17.7. The van der Waals surface area contributed by atoms with Crippen LogP contribution in [-0.2, 0) is 9.53 Å². The van der Waals surface area contributed by atoms with Gasteiger partial charge in [-0.25, -0.2) is 4.79 Å². The predicted molar refractivity (Wildman–Crippen MR) is 91.7 cm³/mol. The van der Waals surface area contributed by atoms with Gasteiger partial charge in [-0.2, -0.15) is 0 Å². The highest BCUT2D eigenvalue weighted by Gasteiger charge is 2.25. The Hall–Kier alpha value is -1.60. The number of amides is 2. The lowest BCUT2D eigenvalue weighted by Crippen LogP contribution is -3.15. The Morgan fingerprint density at radius 3 is 2.65 bits per heavy atom. The van der Waals surface area contributed by atoms with Gasteiger partial charge in [-0.05, 0) is 31.5 Å². The average molecular weight is 385 g/mol. The number of piperazine rings is 1. The summed E-state index contributed by atoms with van der Waals surface area (Å²) in [4.78, 5) is 26.7. The van der Waals surface area contributed by atoms with Crippen LogP contribution in [-0.4, -0.2) is 56.2 Å². The van der Waals surface area contributed by atoms with E-state index in [0.29, 0.717) is 26.2 Å². The van der Waals surface area contributed by atoms with E-state index in [4.69, 9.17) is 4.74 Å². The lowest BCUT2D eigenvalue weighted by atomic mass is 10.2. The first-order chi connectivity index (χ1) is 11.0. The summed E-state index contributed by atoms with van der Waals surface area (Å²) < 4.78 is 5.97. The average Bonchev–Trinajstić information content (AvgIpc) is 2.52. The van der Waals surface area contributed by atoms with E-state index in [1.54, 1.807) is 11.8 Å². The molecule has 7 heteroatoms. The van der Waals surface area contributed by atoms with Crippen LogP contribution in [0.5, 0.6) is 0 Å². The highest BCUT2D eigenvalue weighted by Crippen LogP contribution is 2.20. The van der Waals surface area contributed by atoms with Gasteiger partial charge in [-0.3, -0.25) is 9.69 Å². The fourth-order valence-corrected chi connectivity index (χ4v) is 2.88. The number of hydrogen-bond acceptors (Lipinski definition) is 3. The third-order valence-electron chi connectivity index (χ3n) is 3.86. The van der Waals surface area contributed by atoms with Gasteiger partial charge < -0.3 is 15.0 Å². The van der Waals surface area contributed by atoms with Crippen molar-refractivity contribution in [2.45, 2.75) is 13.8 Å². The van der Waals surface area contributed by atoms with Crippen LogP contribution in [0.25, 0.3) is 0 Å². The minimum absolute atomic E-state index is 0.0136. The third kappa shape index (κ3) is 5.21. The summed E-state index contributed by atoms with van der Waals surface area (Å²) in [5, 5.41) is 2.92. The fraction of sp³-hybridized carbons (Fsp3) is 0.500. The van der Waals surface area contributed by atoms with E-state index in [1.165, 1.54) is 4.90 Å². The fourth-order valence-electron chi connectivity index (χ4n) is 2.50. The van der Waals surface area contributed by atoms with Crippen molar-refractivity contribution in [3.63, 3.8) is 0 Å². The maximum atomic E-state index is 12.1. The van der Waals surface area contributed by atoms with Gasteiger partial charge in [0, 0.05) is 10.2 Å². The van der Waals surface area contributed by atoms with Crippen LogP contribution in [0.1, 0.15) is 12.5 Å². The number of rotatable bonds is 4. The topological polar surface area (TPSA) is 63.1 Å². The highest BCUT2D eigenvalue weighted by molar-refractivity contribution is 9.10. The molecule has 1 aliphatic heterocycles. The largest absolute Gasteiger partial charge is 0.450 e. The van der Waals surface area contributed by atoms with Gasteiger partial charge in [0.25, 0.3) is 5.91 Å². The smallest absolute Gasteiger partial charge is 0.410 e. The van der Waals surface area contributed by atoms with Gasteiger partial charge in [0.05, 0.1) is 32.8 Å². The first-order valence-electron chi connectivity index (χ1n) is 7.81. The number of carbonyl (C=O) groups excluding carboxylic acids is 2. The second-order valence-electron chi connectivity index (χ2n) is 5.62. The number of benzene rings is 1. The van der Waals surface area contributed by atoms with Crippen LogP contribution in [0.3, 0.4) is 0 Å². The van der Waals surface area contributed by atoms with Crippen molar-refractivity contribution >= 4 is 33.6 Å². The number of aryl methyl sites for hydroxylation is 1. The number of ether oxygens (including phenoxy) is 1. The normalized spacial score (nSPS) is 15.3. The first-order valence-corrected chi connectivity index (χ1v) is 8.60. The van der Waals surface area contributed by atoms with E-state index in [1.807, 2.05) is 25.1 Å². The van der Waals surface area contributed by atoms with E-state index in [2.05, 4.69) is 21.2 Å². The highest BCUT2D eigenvalue weighted by atomic mass is 79.9. The molecule has 0 spiro atoms. The zero-order valence-electron chi connectivity index (χ0n) is 13.5. The lowest BCUT2D eigenvalue weighted by molar-refractivity contribution is -0.895. The Labute approximate surface area is 144 Å². The van der Waals surface area contributed by atoms with E-state index in [9.17, 15) is 9.59 Å². The summed E-state index contributed by atoms with van der Waals surface area (Å²) in [5.41, 5.74) is 1.92. The molecule has 1 saturated heterocycles. The van der Waals surface area contributed by atoms with Crippen LogP contribution in [0, 0.1) is 6.92 Å². The Balaban J connectivity index is 1.78. The Morgan fingerprint density at radius 1 is 1.35 bits per heavy atom. The standard InChI is InChI=1S/C16H22BrN3O3/c1-3-23-16(22)20-8-6-19(7-9-20)11-15(21)18-13-5-4-12(2)14(17)10-13/h4-5,10H,3,6-9,11H2,1-2H3,(H,18,21)/p+1. The second-order valence-corrected chi connectivity index (χ2v) is 6.48. The van der Waals surface area contributed by atoms with Crippen molar-refractivity contribution in [3.8, 4) is 0 Å². The summed E-state index contributed by atoms with van der Waals surface area (Å²) in [6.07, 6.45) is -0.263. The van der Waals surface area contributed by atoms with Gasteiger partial charge in [0.2, 0.25) is 0 Å². The molecule has 1 aromatic carbocycles. The number of nitrogens with one attached hydrogen (secondary N) is 2. The van der Waals surface area contributed by atoms with Gasteiger partial charge in [-0.15, -0.1) is 0 Å². The zero-order chi connectivity index (χ0) is 16.8. The van der Waals surface area contributed by atoms with E-state index in [-0.39, 0.29) is 12.0 Å². The molecule has 0 unspecified atom stereocenters. The van der Waals surface area contributed by atoms with E-state index < -0.39 is 0 Å². The molecule has 1 heterocycles. The summed E-state index contributed by atoms with van der Waals surface area (Å²) >= 11 is 3.46. The van der Waals surface area contributed by atoms with Crippen molar-refractivity contribution < 1.29 is 19.2 Å². The third-order valence-corrected chi connectivity index (χ3v) is 4.72. The predicted octanol–water partition coefficient (Wildman–Crippen LogP) is 1.05. The van der Waals surface area contributed by atoms with Crippen LogP contribution in [0.4, 0.5) is 10.5 Å². The van der Waals surface area contributed by atoms with Crippen molar-refractivity contribution in [1.29, 1.82) is 0 Å². The molecule has 126 valence electrons. The molecule has 1 aromatic rings. The van der Waals surface area contributed by atoms with Gasteiger partial charge >= 0.3 is 6.09 Å². The van der Waals surface area contributed by atoms with Crippen LogP contribution in [0.2, 0.25) is 0 Å². The van der Waals surface area contributed by atoms with Crippen molar-refractivity contribution in [2.75, 3.05) is 44.6 Å². The molecule has 1 fully saturated rings. The van der Waals surface area contributed by atoms with Gasteiger partial charge in [0.15, 0.2) is 6.54 Å². The zero-order valence-corrected chi connectivity index (χ0v) is 15.1. The summed E-state index contributed by atoms with van der Waals surface area (Å²) in [7, 11) is 0. The lowest BCUT2D eigenvalue weighted by Gasteiger charge is -2.31. The van der Waals surface area contributed by atoms with Crippen LogP contribution >= 0.6 is 15.9 Å². The number of nitrogens with zero attached hydrogens (tertiary/aromatic N) is 1. The van der Waals surface area contributed by atoms with Gasteiger partial charge in [-0.1, -0.05) is 22.0 Å². The maximum absolute atomic E-state index is 12.1. The molecule has 0 saturated carbocycles. The molecular weight excluding hydrogens is 362 g/mol. The number of quaternary nitrogens is 1. The molecule has 23 heavy (non-hydrogen) atoms. The molecule has 0 bridgehead atoms. The molecule has 2 rings (SSSR count). The molecule has 2 N–H and O–H groups in total. The number of halogens is 1. The minimum atomic E-state index is -0.263. The van der Waals surface area contributed by atoms with Crippen molar-refractivity contribution in [1.82, 2.24) is 4.90 Å². The molecule has 0 radical (unpaired) electrons. The second kappa shape index (κ2) is 8.31. The molecule has 0 aliphatic carbocycles. The number of carbonyl (C=O) groups is 2. The molecule has 0 atom stereocenters. The molecule has 2 amide bonds. The number of anilines is 1. The summed E-state index contributed by atoms with van der Waals surface area (Å²) in [6, 6.07) is 5.76. The quantitative estimate of drug-likeness (QED) is 0.815. The molecular formula is C16H23BrN3O3+. The molecule has 6 nitrogen and oxygen atoms in total. The van der Waals surface area contributed by atoms with Crippen molar-refractivity contribution in [3.05, 3.63) is 28.2 Å². The van der Waals surface area contributed by atoms with Crippen LogP contribution in [0.15, 0.2) is 22.7 Å².